The minimum Gasteiger partial charge on any atom is -0.314 e. The van der Waals surface area contributed by atoms with Gasteiger partial charge in [-0.25, -0.2) is 13.1 Å². The predicted molar refractivity (Wildman–Crippen MR) is 71.4 cm³/mol. The van der Waals surface area contributed by atoms with E-state index in [4.69, 9.17) is 0 Å². The van der Waals surface area contributed by atoms with Crippen LogP contribution in [-0.4, -0.2) is 33.8 Å². The highest BCUT2D eigenvalue weighted by molar-refractivity contribution is 7.88. The molecule has 0 radical (unpaired) electrons. The zero-order valence-electron chi connectivity index (χ0n) is 11.2. The Hall–Kier alpha value is -0.130. The zero-order chi connectivity index (χ0) is 12.9. The molecule has 0 aromatic rings. The Morgan fingerprint density at radius 2 is 1.88 bits per heavy atom. The van der Waals surface area contributed by atoms with Crippen LogP contribution in [0.15, 0.2) is 0 Å². The van der Waals surface area contributed by atoms with Gasteiger partial charge < -0.3 is 5.32 Å². The van der Waals surface area contributed by atoms with Gasteiger partial charge in [-0.1, -0.05) is 13.8 Å². The minimum absolute atomic E-state index is 0.531. The van der Waals surface area contributed by atoms with Gasteiger partial charge in [-0.3, -0.25) is 0 Å². The van der Waals surface area contributed by atoms with Crippen LogP contribution in [0.1, 0.15) is 39.5 Å². The molecule has 4 nitrogen and oxygen atoms in total. The van der Waals surface area contributed by atoms with Gasteiger partial charge in [0, 0.05) is 12.6 Å². The maximum Gasteiger partial charge on any atom is 0.208 e. The van der Waals surface area contributed by atoms with Crippen LogP contribution in [0.3, 0.4) is 0 Å². The molecule has 1 saturated carbocycles. The van der Waals surface area contributed by atoms with Crippen LogP contribution in [-0.2, 0) is 10.0 Å². The third-order valence-corrected chi connectivity index (χ3v) is 4.28. The highest BCUT2D eigenvalue weighted by atomic mass is 32.2. The Kier molecular flexibility index (Phi) is 5.89. The smallest absolute Gasteiger partial charge is 0.208 e. The molecule has 0 aliphatic heterocycles. The predicted octanol–water partition coefficient (Wildman–Crippen LogP) is 1.34. The summed E-state index contributed by atoms with van der Waals surface area (Å²) in [5.74, 6) is 1.59. The summed E-state index contributed by atoms with van der Waals surface area (Å²) in [4.78, 5) is 0. The van der Waals surface area contributed by atoms with Gasteiger partial charge in [-0.05, 0) is 44.1 Å². The largest absolute Gasteiger partial charge is 0.314 e. The number of hydrogen-bond donors (Lipinski definition) is 2. The minimum atomic E-state index is -3.03. The van der Waals surface area contributed by atoms with Crippen molar-refractivity contribution >= 4 is 10.0 Å². The molecule has 1 aliphatic carbocycles. The maximum atomic E-state index is 10.9. The van der Waals surface area contributed by atoms with Crippen LogP contribution in [0.25, 0.3) is 0 Å². The van der Waals surface area contributed by atoms with E-state index in [1.807, 2.05) is 0 Å². The molecule has 0 saturated heterocycles. The van der Waals surface area contributed by atoms with Gasteiger partial charge in [0.2, 0.25) is 10.0 Å². The highest BCUT2D eigenvalue weighted by Gasteiger charge is 2.24. The molecule has 1 rings (SSSR count). The number of sulfonamides is 1. The highest BCUT2D eigenvalue weighted by Crippen LogP contribution is 2.28. The lowest BCUT2D eigenvalue weighted by molar-refractivity contribution is 0.228. The fourth-order valence-corrected chi connectivity index (χ4v) is 3.12. The van der Waals surface area contributed by atoms with E-state index in [9.17, 15) is 8.42 Å². The molecule has 1 fully saturated rings. The Balaban J connectivity index is 2.10. The van der Waals surface area contributed by atoms with Crippen LogP contribution in [0.2, 0.25) is 0 Å². The van der Waals surface area contributed by atoms with Crippen molar-refractivity contribution in [3.05, 3.63) is 0 Å². The quantitative estimate of drug-likeness (QED) is 0.710. The first-order valence-electron chi connectivity index (χ1n) is 6.56. The Bertz CT molecular complexity index is 316. The van der Waals surface area contributed by atoms with E-state index in [1.165, 1.54) is 25.5 Å². The number of hydrogen-bond acceptors (Lipinski definition) is 3. The second kappa shape index (κ2) is 6.71. The maximum absolute atomic E-state index is 10.9. The Labute approximate surface area is 106 Å². The van der Waals surface area contributed by atoms with Gasteiger partial charge in [0.05, 0.1) is 6.26 Å². The van der Waals surface area contributed by atoms with Crippen LogP contribution in [0, 0.1) is 11.8 Å². The molecular weight excluding hydrogens is 236 g/mol. The van der Waals surface area contributed by atoms with Crippen molar-refractivity contribution in [2.24, 2.45) is 11.8 Å². The topological polar surface area (TPSA) is 58.2 Å². The first-order chi connectivity index (χ1) is 7.88. The lowest BCUT2D eigenvalue weighted by Crippen LogP contribution is -2.40. The van der Waals surface area contributed by atoms with Crippen molar-refractivity contribution in [3.63, 3.8) is 0 Å². The van der Waals surface area contributed by atoms with E-state index >= 15 is 0 Å². The second-order valence-corrected chi connectivity index (χ2v) is 7.31. The molecule has 0 heterocycles. The summed E-state index contributed by atoms with van der Waals surface area (Å²) in [5, 5.41) is 3.54. The standard InChI is InChI=1S/C12H26N2O2S/c1-10-5-6-12(11(2)9-10)13-7-4-8-14-17(3,15)16/h10-14H,4-9H2,1-3H3/t10-,11-,12-/m1/s1. The average Bonchev–Trinajstić information content (AvgIpc) is 2.18. The second-order valence-electron chi connectivity index (χ2n) is 5.48. The van der Waals surface area contributed by atoms with E-state index in [1.54, 1.807) is 0 Å². The average molecular weight is 262 g/mol. The zero-order valence-corrected chi connectivity index (χ0v) is 12.0. The molecule has 5 heteroatoms. The summed E-state index contributed by atoms with van der Waals surface area (Å²) in [6.45, 7) is 6.06. The summed E-state index contributed by atoms with van der Waals surface area (Å²) in [6, 6.07) is 0.615. The van der Waals surface area contributed by atoms with Crippen LogP contribution < -0.4 is 10.0 Å². The molecule has 0 aromatic heterocycles. The van der Waals surface area contributed by atoms with Crippen LogP contribution >= 0.6 is 0 Å². The van der Waals surface area contributed by atoms with Crippen molar-refractivity contribution in [1.29, 1.82) is 0 Å². The van der Waals surface area contributed by atoms with E-state index in [-0.39, 0.29) is 0 Å². The van der Waals surface area contributed by atoms with Crippen LogP contribution in [0.5, 0.6) is 0 Å². The van der Waals surface area contributed by atoms with Gasteiger partial charge in [-0.15, -0.1) is 0 Å². The molecule has 0 unspecified atom stereocenters. The Morgan fingerprint density at radius 3 is 2.47 bits per heavy atom. The van der Waals surface area contributed by atoms with Gasteiger partial charge in [0.15, 0.2) is 0 Å². The molecular formula is C12H26N2O2S. The normalized spacial score (nSPS) is 30.4. The Morgan fingerprint density at radius 1 is 1.18 bits per heavy atom. The molecule has 0 bridgehead atoms. The van der Waals surface area contributed by atoms with Crippen molar-refractivity contribution in [2.45, 2.75) is 45.6 Å². The fourth-order valence-electron chi connectivity index (χ4n) is 2.60. The summed E-state index contributed by atoms with van der Waals surface area (Å²) in [6.07, 6.45) is 5.92. The lowest BCUT2D eigenvalue weighted by atomic mass is 9.80. The summed E-state index contributed by atoms with van der Waals surface area (Å²) < 4.78 is 24.2. The third-order valence-electron chi connectivity index (χ3n) is 3.56. The molecule has 102 valence electrons. The molecule has 0 amide bonds. The molecule has 17 heavy (non-hydrogen) atoms. The van der Waals surface area contributed by atoms with E-state index in [2.05, 4.69) is 23.9 Å². The first kappa shape index (κ1) is 14.9. The molecule has 0 aromatic carbocycles. The van der Waals surface area contributed by atoms with E-state index in [0.29, 0.717) is 12.6 Å². The van der Waals surface area contributed by atoms with Gasteiger partial charge in [-0.2, -0.15) is 0 Å². The number of nitrogens with one attached hydrogen (secondary N) is 2. The van der Waals surface area contributed by atoms with Crippen LogP contribution in [0.4, 0.5) is 0 Å². The molecule has 3 atom stereocenters. The first-order valence-corrected chi connectivity index (χ1v) is 8.45. The summed E-state index contributed by atoms with van der Waals surface area (Å²) >= 11 is 0. The van der Waals surface area contributed by atoms with Crippen molar-refractivity contribution < 1.29 is 8.42 Å². The SMILES string of the molecule is C[C@@H]1CC[C@@H](NCCCNS(C)(=O)=O)[C@H](C)C1. The monoisotopic (exact) mass is 262 g/mol. The van der Waals surface area contributed by atoms with E-state index < -0.39 is 10.0 Å². The molecule has 1 aliphatic rings. The molecule has 2 N–H and O–H groups in total. The summed E-state index contributed by atoms with van der Waals surface area (Å²) in [5.41, 5.74) is 0. The van der Waals surface area contributed by atoms with Gasteiger partial charge in [0.25, 0.3) is 0 Å². The van der Waals surface area contributed by atoms with Crippen molar-refractivity contribution in [2.75, 3.05) is 19.3 Å². The fraction of sp³-hybridized carbons (Fsp3) is 1.00. The van der Waals surface area contributed by atoms with Gasteiger partial charge in [0.1, 0.15) is 0 Å². The van der Waals surface area contributed by atoms with Crippen molar-refractivity contribution in [3.8, 4) is 0 Å². The van der Waals surface area contributed by atoms with Gasteiger partial charge >= 0.3 is 0 Å². The lowest BCUT2D eigenvalue weighted by Gasteiger charge is -2.33. The van der Waals surface area contributed by atoms with E-state index in [0.717, 1.165) is 24.8 Å². The van der Waals surface area contributed by atoms with Crippen molar-refractivity contribution in [1.82, 2.24) is 10.0 Å². The number of rotatable bonds is 6. The third kappa shape index (κ3) is 6.38. The molecule has 0 spiro atoms. The summed E-state index contributed by atoms with van der Waals surface area (Å²) in [7, 11) is -3.03.